The molecule has 8 nitrogen and oxygen atoms in total. The van der Waals surface area contributed by atoms with Gasteiger partial charge in [0.15, 0.2) is 0 Å². The zero-order valence-electron chi connectivity index (χ0n) is 13.6. The predicted octanol–water partition coefficient (Wildman–Crippen LogP) is 1.62. The molecule has 146 valence electrons. The summed E-state index contributed by atoms with van der Waals surface area (Å²) in [5.41, 5.74) is 1.43. The zero-order valence-corrected chi connectivity index (χ0v) is 19.3. The summed E-state index contributed by atoms with van der Waals surface area (Å²) < 4.78 is 39.0. The van der Waals surface area contributed by atoms with Crippen molar-refractivity contribution in [2.24, 2.45) is 0 Å². The van der Waals surface area contributed by atoms with E-state index in [0.717, 1.165) is 5.56 Å². The van der Waals surface area contributed by atoms with Gasteiger partial charge in [0, 0.05) is 34.5 Å². The minimum Gasteiger partial charge on any atom is -0.480 e. The highest BCUT2D eigenvalue weighted by Gasteiger charge is 2.61. The molecule has 26 heavy (non-hydrogen) atoms. The van der Waals surface area contributed by atoms with Crippen LogP contribution in [0.4, 0.5) is 0 Å². The third-order valence-corrected chi connectivity index (χ3v) is 5.82. The van der Waals surface area contributed by atoms with Gasteiger partial charge < -0.3 is 37.2 Å². The van der Waals surface area contributed by atoms with Crippen LogP contribution in [0.2, 0.25) is 0 Å². The van der Waals surface area contributed by atoms with Crippen LogP contribution in [0.3, 0.4) is 0 Å². The van der Waals surface area contributed by atoms with E-state index >= 15 is 0 Å². The smallest absolute Gasteiger partial charge is 0.229 e. The number of aliphatic hydroxyl groups excluding tert-OH is 1. The highest BCUT2D eigenvalue weighted by Crippen LogP contribution is 2.52. The van der Waals surface area contributed by atoms with Gasteiger partial charge in [-0.15, -0.1) is 0 Å². The van der Waals surface area contributed by atoms with Crippen molar-refractivity contribution < 1.29 is 37.2 Å². The molecule has 0 saturated carbocycles. The van der Waals surface area contributed by atoms with E-state index in [1.807, 2.05) is 6.07 Å². The summed E-state index contributed by atoms with van der Waals surface area (Å²) in [5, 5.41) is 10.9. The van der Waals surface area contributed by atoms with Gasteiger partial charge in [-0.25, -0.2) is 0 Å². The van der Waals surface area contributed by atoms with Gasteiger partial charge in [-0.2, -0.15) is 0 Å². The fraction of sp³-hybridized carbons (Fsp3) is 0.538. The standard InChI is InChI=1S/C13H21O8P5/c14-10-11(20-25)8(4-16-22)17-13(12(10)21-26)9-5(3-15-13)1-6(18-23)2-7(9)19-24/h1-2,8,10-12,14H,3-4,22-26H2/t8-,10?,11?,12?,13?/m1/s1. The summed E-state index contributed by atoms with van der Waals surface area (Å²) in [7, 11) is 10.8. The Morgan fingerprint density at radius 1 is 1.12 bits per heavy atom. The highest BCUT2D eigenvalue weighted by atomic mass is 31.0. The molecule has 1 aromatic rings. The van der Waals surface area contributed by atoms with Crippen molar-refractivity contribution in [3.63, 3.8) is 0 Å². The molecule has 13 heteroatoms. The maximum absolute atomic E-state index is 10.9. The van der Waals surface area contributed by atoms with E-state index in [1.54, 1.807) is 6.07 Å². The highest BCUT2D eigenvalue weighted by molar-refractivity contribution is 7.10. The first-order valence-electron chi connectivity index (χ1n) is 7.49. The molecule has 2 aliphatic rings. The van der Waals surface area contributed by atoms with Crippen LogP contribution in [0.25, 0.3) is 0 Å². The van der Waals surface area contributed by atoms with Crippen molar-refractivity contribution in [2.45, 2.75) is 36.8 Å². The number of ether oxygens (including phenoxy) is 2. The molecule has 2 aliphatic heterocycles. The van der Waals surface area contributed by atoms with Crippen molar-refractivity contribution in [1.82, 2.24) is 0 Å². The first-order chi connectivity index (χ1) is 12.6. The minimum atomic E-state index is -1.39. The molecule has 0 radical (unpaired) electrons. The lowest BCUT2D eigenvalue weighted by molar-refractivity contribution is -0.357. The number of rotatable bonds is 6. The van der Waals surface area contributed by atoms with Crippen LogP contribution in [-0.4, -0.2) is 36.1 Å². The third-order valence-electron chi connectivity index (χ3n) is 4.49. The summed E-state index contributed by atoms with van der Waals surface area (Å²) in [5.74, 6) is -0.338. The first-order valence-corrected chi connectivity index (χ1v) is 9.85. The van der Waals surface area contributed by atoms with E-state index in [4.69, 9.17) is 32.1 Å². The van der Waals surface area contributed by atoms with Gasteiger partial charge in [-0.1, -0.05) is 0 Å². The quantitative estimate of drug-likeness (QED) is 0.642. The Morgan fingerprint density at radius 3 is 2.46 bits per heavy atom. The average molecular weight is 460 g/mol. The molecule has 1 aromatic carbocycles. The van der Waals surface area contributed by atoms with E-state index in [0.29, 0.717) is 17.1 Å². The molecule has 9 unspecified atom stereocenters. The van der Waals surface area contributed by atoms with Gasteiger partial charge in [0.1, 0.15) is 35.9 Å². The molecule has 0 amide bonds. The van der Waals surface area contributed by atoms with Crippen molar-refractivity contribution in [1.29, 1.82) is 0 Å². The normalized spacial score (nSPS) is 33.3. The van der Waals surface area contributed by atoms with Gasteiger partial charge in [-0.05, 0) is 11.6 Å². The topological polar surface area (TPSA) is 84.8 Å². The summed E-state index contributed by atoms with van der Waals surface area (Å²) in [6.07, 6.45) is -3.25. The second kappa shape index (κ2) is 9.04. The number of fused-ring (bicyclic) bond motifs is 2. The van der Waals surface area contributed by atoms with Gasteiger partial charge in [0.25, 0.3) is 0 Å². The average Bonchev–Trinajstić information content (AvgIpc) is 3.00. The van der Waals surface area contributed by atoms with Crippen LogP contribution < -0.4 is 9.05 Å². The molecule has 3 rings (SSSR count). The molecular weight excluding hydrogens is 439 g/mol. The lowest BCUT2D eigenvalue weighted by Gasteiger charge is -2.48. The maximum Gasteiger partial charge on any atom is 0.229 e. The fourth-order valence-corrected chi connectivity index (χ4v) is 4.62. The Labute approximate surface area is 163 Å². The van der Waals surface area contributed by atoms with E-state index in [9.17, 15) is 5.11 Å². The Bertz CT molecular complexity index is 649. The van der Waals surface area contributed by atoms with E-state index in [-0.39, 0.29) is 13.2 Å². The van der Waals surface area contributed by atoms with E-state index < -0.39 is 30.2 Å². The van der Waals surface area contributed by atoms with Crippen LogP contribution in [0, 0.1) is 0 Å². The van der Waals surface area contributed by atoms with Crippen LogP contribution in [-0.2, 0) is 35.4 Å². The van der Waals surface area contributed by atoms with E-state index in [1.165, 1.54) is 0 Å². The van der Waals surface area contributed by atoms with Crippen LogP contribution in [0.5, 0.6) is 11.5 Å². The summed E-state index contributed by atoms with van der Waals surface area (Å²) >= 11 is 0. The number of hydrogen-bond acceptors (Lipinski definition) is 8. The maximum atomic E-state index is 10.9. The van der Waals surface area contributed by atoms with Crippen molar-refractivity contribution in [3.8, 4) is 11.5 Å². The summed E-state index contributed by atoms with van der Waals surface area (Å²) in [4.78, 5) is 0. The Morgan fingerprint density at radius 2 is 1.88 bits per heavy atom. The predicted molar refractivity (Wildman–Crippen MR) is 109 cm³/mol. The first kappa shape index (κ1) is 21.4. The molecule has 0 aromatic heterocycles. The van der Waals surface area contributed by atoms with Gasteiger partial charge in [0.05, 0.1) is 37.7 Å². The molecule has 1 fully saturated rings. The molecule has 1 saturated heterocycles. The number of benzene rings is 1. The molecule has 1 N–H and O–H groups in total. The molecule has 0 aliphatic carbocycles. The van der Waals surface area contributed by atoms with Crippen LogP contribution in [0.1, 0.15) is 11.1 Å². The second-order valence-electron chi connectivity index (χ2n) is 5.79. The Kier molecular flexibility index (Phi) is 7.45. The Hall–Kier alpha value is 0.730. The SMILES string of the molecule is OC1C(OP)[C@@H](COP)OC2(OCc3cc(OP)cc(OP)c32)C1OP. The van der Waals surface area contributed by atoms with Crippen LogP contribution in [0.15, 0.2) is 12.1 Å². The van der Waals surface area contributed by atoms with Crippen molar-refractivity contribution >= 4 is 47.3 Å². The van der Waals surface area contributed by atoms with Gasteiger partial charge >= 0.3 is 0 Å². The fourth-order valence-electron chi connectivity index (χ4n) is 3.43. The Balaban J connectivity index is 2.12. The monoisotopic (exact) mass is 460 g/mol. The van der Waals surface area contributed by atoms with E-state index in [2.05, 4.69) is 47.3 Å². The lowest BCUT2D eigenvalue weighted by atomic mass is 9.87. The largest absolute Gasteiger partial charge is 0.480 e. The molecule has 10 atom stereocenters. The molecular formula is C13H21O8P5. The van der Waals surface area contributed by atoms with Crippen LogP contribution >= 0.6 is 47.3 Å². The summed E-state index contributed by atoms with van der Waals surface area (Å²) in [6.45, 7) is 0.394. The van der Waals surface area contributed by atoms with Crippen molar-refractivity contribution in [2.75, 3.05) is 6.61 Å². The zero-order chi connectivity index (χ0) is 18.9. The lowest BCUT2D eigenvalue weighted by Crippen LogP contribution is -2.63. The summed E-state index contributed by atoms with van der Waals surface area (Å²) in [6, 6.07) is 3.52. The van der Waals surface area contributed by atoms with Gasteiger partial charge in [0.2, 0.25) is 5.79 Å². The minimum absolute atomic E-state index is 0.161. The van der Waals surface area contributed by atoms with Gasteiger partial charge in [-0.3, -0.25) is 0 Å². The molecule has 2 heterocycles. The molecule has 1 spiro atoms. The number of aliphatic hydroxyl groups is 1. The number of hydrogen-bond donors (Lipinski definition) is 1. The third kappa shape index (κ3) is 3.54. The molecule has 0 bridgehead atoms. The second-order valence-corrected chi connectivity index (χ2v) is 7.13. The van der Waals surface area contributed by atoms with Crippen molar-refractivity contribution in [3.05, 3.63) is 23.3 Å².